The molecule has 2 aromatic carbocycles. The molecule has 0 fully saturated rings. The van der Waals surface area contributed by atoms with Gasteiger partial charge in [-0.15, -0.1) is 0 Å². The lowest BCUT2D eigenvalue weighted by Crippen LogP contribution is -2.33. The molecule has 162 valence electrons. The fourth-order valence-electron chi connectivity index (χ4n) is 2.52. The summed E-state index contributed by atoms with van der Waals surface area (Å²) < 4.78 is 0. The Balaban J connectivity index is 1.60. The standard InChI is InChI=1S/C20H22Cl4N4O2/c1-12(11-26-20(30)28-14-5-7-16(22)18(24)10-14)3-2-8-25-19(29)27-13-4-6-15(21)17(23)9-13/h4-7,9-10,12H,2-3,8,11H2,1H3,(H2,25,27,29)(H2,26,28,30). The van der Waals surface area contributed by atoms with Gasteiger partial charge in [0.15, 0.2) is 0 Å². The van der Waals surface area contributed by atoms with Crippen LogP contribution in [0.1, 0.15) is 19.8 Å². The number of carbonyl (C=O) groups is 2. The summed E-state index contributed by atoms with van der Waals surface area (Å²) in [6.45, 7) is 3.03. The van der Waals surface area contributed by atoms with Crippen molar-refractivity contribution in [3.05, 3.63) is 56.5 Å². The van der Waals surface area contributed by atoms with Crippen molar-refractivity contribution in [3.63, 3.8) is 0 Å². The fraction of sp³-hybridized carbons (Fsp3) is 0.300. The molecule has 6 nitrogen and oxygen atoms in total. The summed E-state index contributed by atoms with van der Waals surface area (Å²) in [4.78, 5) is 23.9. The number of carbonyl (C=O) groups excluding carboxylic acids is 2. The molecule has 30 heavy (non-hydrogen) atoms. The fourth-order valence-corrected chi connectivity index (χ4v) is 3.12. The van der Waals surface area contributed by atoms with E-state index in [9.17, 15) is 9.59 Å². The van der Waals surface area contributed by atoms with E-state index in [1.807, 2.05) is 6.92 Å². The van der Waals surface area contributed by atoms with Gasteiger partial charge in [0.25, 0.3) is 0 Å². The Morgan fingerprint density at radius 2 is 1.30 bits per heavy atom. The van der Waals surface area contributed by atoms with Crippen LogP contribution in [0.4, 0.5) is 21.0 Å². The van der Waals surface area contributed by atoms with Crippen molar-refractivity contribution in [1.82, 2.24) is 10.6 Å². The Morgan fingerprint density at radius 1 is 0.800 bits per heavy atom. The summed E-state index contributed by atoms with van der Waals surface area (Å²) in [6.07, 6.45) is 1.60. The Labute approximate surface area is 195 Å². The first-order chi connectivity index (χ1) is 14.2. The number of amides is 4. The molecule has 2 aromatic rings. The lowest BCUT2D eigenvalue weighted by atomic mass is 10.1. The molecule has 4 amide bonds. The highest BCUT2D eigenvalue weighted by Gasteiger charge is 2.08. The molecular weight excluding hydrogens is 470 g/mol. The normalized spacial score (nSPS) is 11.5. The first-order valence-electron chi connectivity index (χ1n) is 9.24. The highest BCUT2D eigenvalue weighted by atomic mass is 35.5. The van der Waals surface area contributed by atoms with Crippen LogP contribution in [0.5, 0.6) is 0 Å². The first kappa shape index (κ1) is 24.4. The van der Waals surface area contributed by atoms with Crippen LogP contribution in [0, 0.1) is 5.92 Å². The topological polar surface area (TPSA) is 82.3 Å². The molecule has 0 saturated heterocycles. The van der Waals surface area contributed by atoms with Crippen molar-refractivity contribution >= 4 is 69.8 Å². The van der Waals surface area contributed by atoms with Gasteiger partial charge in [0.05, 0.1) is 20.1 Å². The van der Waals surface area contributed by atoms with E-state index in [4.69, 9.17) is 46.4 Å². The molecule has 0 spiro atoms. The number of hydrogen-bond donors (Lipinski definition) is 4. The number of rotatable bonds is 8. The molecular formula is C20H22Cl4N4O2. The van der Waals surface area contributed by atoms with Crippen molar-refractivity contribution in [3.8, 4) is 0 Å². The molecule has 1 atom stereocenters. The quantitative estimate of drug-likeness (QED) is 0.311. The van der Waals surface area contributed by atoms with Crippen molar-refractivity contribution in [2.75, 3.05) is 23.7 Å². The van der Waals surface area contributed by atoms with Crippen molar-refractivity contribution in [2.45, 2.75) is 19.8 Å². The summed E-state index contributed by atoms with van der Waals surface area (Å²) in [6, 6.07) is 9.11. The third kappa shape index (κ3) is 8.48. The largest absolute Gasteiger partial charge is 0.338 e. The molecule has 0 saturated carbocycles. The zero-order chi connectivity index (χ0) is 22.1. The van der Waals surface area contributed by atoms with Crippen LogP contribution < -0.4 is 21.3 Å². The number of hydrogen-bond acceptors (Lipinski definition) is 2. The van der Waals surface area contributed by atoms with E-state index in [1.54, 1.807) is 36.4 Å². The lowest BCUT2D eigenvalue weighted by Gasteiger charge is -2.14. The maximum absolute atomic E-state index is 12.0. The predicted molar refractivity (Wildman–Crippen MR) is 125 cm³/mol. The van der Waals surface area contributed by atoms with Crippen LogP contribution in [0.15, 0.2) is 36.4 Å². The molecule has 0 radical (unpaired) electrons. The van der Waals surface area contributed by atoms with Gasteiger partial charge in [0, 0.05) is 24.5 Å². The van der Waals surface area contributed by atoms with E-state index in [2.05, 4.69) is 21.3 Å². The second-order valence-electron chi connectivity index (χ2n) is 6.72. The smallest absolute Gasteiger partial charge is 0.319 e. The molecule has 2 rings (SSSR count). The molecule has 0 bridgehead atoms. The van der Waals surface area contributed by atoms with E-state index >= 15 is 0 Å². The molecule has 4 N–H and O–H groups in total. The zero-order valence-electron chi connectivity index (χ0n) is 16.2. The van der Waals surface area contributed by atoms with Crippen LogP contribution >= 0.6 is 46.4 Å². The molecule has 0 aliphatic carbocycles. The maximum atomic E-state index is 12.0. The average Bonchev–Trinajstić information content (AvgIpc) is 2.69. The van der Waals surface area contributed by atoms with Gasteiger partial charge in [0.1, 0.15) is 0 Å². The average molecular weight is 492 g/mol. The second kappa shape index (κ2) is 12.1. The maximum Gasteiger partial charge on any atom is 0.319 e. The molecule has 0 heterocycles. The molecule has 0 aliphatic rings. The van der Waals surface area contributed by atoms with Gasteiger partial charge >= 0.3 is 12.1 Å². The summed E-state index contributed by atoms with van der Waals surface area (Å²) in [5, 5.41) is 12.6. The monoisotopic (exact) mass is 490 g/mol. The SMILES string of the molecule is CC(CCCNC(=O)Nc1ccc(Cl)c(Cl)c1)CNC(=O)Nc1ccc(Cl)c(Cl)c1. The van der Waals surface area contributed by atoms with Crippen molar-refractivity contribution in [1.29, 1.82) is 0 Å². The van der Waals surface area contributed by atoms with E-state index in [-0.39, 0.29) is 18.0 Å². The highest BCUT2D eigenvalue weighted by Crippen LogP contribution is 2.25. The molecule has 0 aliphatic heterocycles. The highest BCUT2D eigenvalue weighted by molar-refractivity contribution is 6.42. The summed E-state index contributed by atoms with van der Waals surface area (Å²) in [7, 11) is 0. The molecule has 1 unspecified atom stereocenters. The lowest BCUT2D eigenvalue weighted by molar-refractivity contribution is 0.250. The number of benzene rings is 2. The number of anilines is 2. The van der Waals surface area contributed by atoms with Crippen LogP contribution in [0.3, 0.4) is 0 Å². The van der Waals surface area contributed by atoms with Crippen LogP contribution in [0.25, 0.3) is 0 Å². The van der Waals surface area contributed by atoms with Crippen molar-refractivity contribution < 1.29 is 9.59 Å². The number of nitrogens with one attached hydrogen (secondary N) is 4. The number of urea groups is 2. The minimum atomic E-state index is -0.320. The van der Waals surface area contributed by atoms with Crippen molar-refractivity contribution in [2.24, 2.45) is 5.92 Å². The Morgan fingerprint density at radius 3 is 1.80 bits per heavy atom. The van der Waals surface area contributed by atoms with Gasteiger partial charge in [0.2, 0.25) is 0 Å². The van der Waals surface area contributed by atoms with Gasteiger partial charge in [-0.3, -0.25) is 0 Å². The van der Waals surface area contributed by atoms with E-state index in [0.29, 0.717) is 44.6 Å². The van der Waals surface area contributed by atoms with Gasteiger partial charge < -0.3 is 21.3 Å². The van der Waals surface area contributed by atoms with Gasteiger partial charge in [-0.2, -0.15) is 0 Å². The Kier molecular flexibility index (Phi) is 9.85. The third-order valence-corrected chi connectivity index (χ3v) is 5.60. The van der Waals surface area contributed by atoms with Gasteiger partial charge in [-0.25, -0.2) is 9.59 Å². The first-order valence-corrected chi connectivity index (χ1v) is 10.8. The predicted octanol–water partition coefficient (Wildman–Crippen LogP) is 6.66. The Bertz CT molecular complexity index is 895. The van der Waals surface area contributed by atoms with E-state index < -0.39 is 0 Å². The zero-order valence-corrected chi connectivity index (χ0v) is 19.2. The van der Waals surface area contributed by atoms with Gasteiger partial charge in [-0.05, 0) is 55.2 Å². The Hall–Kier alpha value is -1.86. The van der Waals surface area contributed by atoms with Crippen LogP contribution in [0.2, 0.25) is 20.1 Å². The van der Waals surface area contributed by atoms with Gasteiger partial charge in [-0.1, -0.05) is 53.3 Å². The minimum absolute atomic E-state index is 0.240. The van der Waals surface area contributed by atoms with E-state index in [0.717, 1.165) is 12.8 Å². The molecule has 10 heteroatoms. The summed E-state index contributed by atoms with van der Waals surface area (Å²) in [5.74, 6) is 0.240. The third-order valence-electron chi connectivity index (χ3n) is 4.13. The molecule has 0 aromatic heterocycles. The minimum Gasteiger partial charge on any atom is -0.338 e. The van der Waals surface area contributed by atoms with Crippen LogP contribution in [-0.4, -0.2) is 25.2 Å². The van der Waals surface area contributed by atoms with Crippen LogP contribution in [-0.2, 0) is 0 Å². The summed E-state index contributed by atoms with van der Waals surface area (Å²) in [5.41, 5.74) is 1.12. The second-order valence-corrected chi connectivity index (χ2v) is 8.35. The summed E-state index contributed by atoms with van der Waals surface area (Å²) >= 11 is 23.5. The number of halogens is 4. The van der Waals surface area contributed by atoms with E-state index in [1.165, 1.54) is 0 Å².